The summed E-state index contributed by atoms with van der Waals surface area (Å²) < 4.78 is 0. The van der Waals surface area contributed by atoms with Crippen LogP contribution in [0.2, 0.25) is 0 Å². The summed E-state index contributed by atoms with van der Waals surface area (Å²) >= 11 is 0. The van der Waals surface area contributed by atoms with Gasteiger partial charge in [-0.3, -0.25) is 9.78 Å². The molecular formula is C17H21N5O. The summed E-state index contributed by atoms with van der Waals surface area (Å²) in [5.41, 5.74) is 1.69. The molecule has 0 bridgehead atoms. The zero-order valence-electron chi connectivity index (χ0n) is 13.5. The van der Waals surface area contributed by atoms with Crippen LogP contribution in [0.25, 0.3) is 11.5 Å². The van der Waals surface area contributed by atoms with Crippen LogP contribution < -0.4 is 10.2 Å². The van der Waals surface area contributed by atoms with Gasteiger partial charge in [-0.05, 0) is 31.9 Å². The summed E-state index contributed by atoms with van der Waals surface area (Å²) in [4.78, 5) is 27.0. The molecule has 23 heavy (non-hydrogen) atoms. The number of aryl methyl sites for hydroxylation is 1. The number of hydrogen-bond donors (Lipinski definition) is 1. The van der Waals surface area contributed by atoms with Crippen LogP contribution >= 0.6 is 0 Å². The smallest absolute Gasteiger partial charge is 0.216 e. The molecule has 2 aromatic rings. The Labute approximate surface area is 136 Å². The van der Waals surface area contributed by atoms with Crippen molar-refractivity contribution >= 4 is 11.7 Å². The number of nitrogens with zero attached hydrogens (tertiary/aromatic N) is 4. The average molecular weight is 311 g/mol. The van der Waals surface area contributed by atoms with Gasteiger partial charge in [-0.1, -0.05) is 6.07 Å². The largest absolute Gasteiger partial charge is 0.354 e. The third-order valence-corrected chi connectivity index (χ3v) is 3.99. The van der Waals surface area contributed by atoms with Gasteiger partial charge in [-0.15, -0.1) is 0 Å². The summed E-state index contributed by atoms with van der Waals surface area (Å²) in [6.07, 6.45) is 3.91. The van der Waals surface area contributed by atoms with E-state index in [1.54, 1.807) is 13.1 Å². The Kier molecular flexibility index (Phi) is 4.50. The molecular weight excluding hydrogens is 290 g/mol. The van der Waals surface area contributed by atoms with E-state index in [4.69, 9.17) is 4.98 Å². The summed E-state index contributed by atoms with van der Waals surface area (Å²) in [6, 6.07) is 8.01. The highest BCUT2D eigenvalue weighted by atomic mass is 16.1. The number of aromatic nitrogens is 3. The van der Waals surface area contributed by atoms with Crippen molar-refractivity contribution in [1.82, 2.24) is 20.3 Å². The zero-order valence-corrected chi connectivity index (χ0v) is 13.5. The summed E-state index contributed by atoms with van der Waals surface area (Å²) in [6.45, 7) is 5.11. The van der Waals surface area contributed by atoms with Gasteiger partial charge >= 0.3 is 0 Å². The van der Waals surface area contributed by atoms with Crippen LogP contribution in [0.3, 0.4) is 0 Å². The van der Waals surface area contributed by atoms with Crippen molar-refractivity contribution in [2.45, 2.75) is 32.7 Å². The molecule has 6 heteroatoms. The molecule has 1 aliphatic heterocycles. The van der Waals surface area contributed by atoms with E-state index >= 15 is 0 Å². The van der Waals surface area contributed by atoms with E-state index in [9.17, 15) is 4.79 Å². The molecule has 0 spiro atoms. The minimum absolute atomic E-state index is 0.00453. The van der Waals surface area contributed by atoms with Crippen molar-refractivity contribution in [3.8, 4) is 11.5 Å². The lowest BCUT2D eigenvalue weighted by molar-refractivity contribution is -0.119. The van der Waals surface area contributed by atoms with Gasteiger partial charge in [0.1, 0.15) is 11.5 Å². The van der Waals surface area contributed by atoms with Gasteiger partial charge in [0.15, 0.2) is 5.82 Å². The Bertz CT molecular complexity index is 689. The maximum Gasteiger partial charge on any atom is 0.216 e. The number of amides is 1. The third-order valence-electron chi connectivity index (χ3n) is 3.99. The monoisotopic (exact) mass is 311 g/mol. The lowest BCUT2D eigenvalue weighted by Crippen LogP contribution is -2.40. The first kappa shape index (κ1) is 15.4. The van der Waals surface area contributed by atoms with Crippen molar-refractivity contribution in [3.63, 3.8) is 0 Å². The minimum Gasteiger partial charge on any atom is -0.354 e. The number of hydrogen-bond acceptors (Lipinski definition) is 5. The van der Waals surface area contributed by atoms with E-state index < -0.39 is 0 Å². The van der Waals surface area contributed by atoms with E-state index in [2.05, 4.69) is 20.2 Å². The van der Waals surface area contributed by atoms with E-state index in [1.165, 1.54) is 0 Å². The second kappa shape index (κ2) is 6.73. The van der Waals surface area contributed by atoms with Crippen LogP contribution in [-0.4, -0.2) is 40.0 Å². The Morgan fingerprint density at radius 2 is 2.26 bits per heavy atom. The van der Waals surface area contributed by atoms with Crippen LogP contribution in [0.1, 0.15) is 25.5 Å². The quantitative estimate of drug-likeness (QED) is 0.934. The fraction of sp³-hybridized carbons (Fsp3) is 0.412. The minimum atomic E-state index is 0.00453. The molecule has 1 N–H and O–H groups in total. The first-order valence-electron chi connectivity index (χ1n) is 7.91. The highest BCUT2D eigenvalue weighted by Gasteiger charge is 2.26. The second-order valence-corrected chi connectivity index (χ2v) is 5.83. The molecule has 1 saturated heterocycles. The van der Waals surface area contributed by atoms with Crippen LogP contribution in [0.4, 0.5) is 5.82 Å². The van der Waals surface area contributed by atoms with Crippen LogP contribution in [0.15, 0.2) is 30.5 Å². The number of carbonyl (C=O) groups is 1. The van der Waals surface area contributed by atoms with Crippen molar-refractivity contribution in [2.75, 3.05) is 18.0 Å². The van der Waals surface area contributed by atoms with Crippen LogP contribution in [-0.2, 0) is 4.79 Å². The second-order valence-electron chi connectivity index (χ2n) is 5.83. The fourth-order valence-electron chi connectivity index (χ4n) is 2.92. The first-order valence-corrected chi connectivity index (χ1v) is 7.91. The normalized spacial score (nSPS) is 17.3. The molecule has 1 fully saturated rings. The third kappa shape index (κ3) is 3.64. The van der Waals surface area contributed by atoms with Crippen molar-refractivity contribution < 1.29 is 4.79 Å². The fourth-order valence-corrected chi connectivity index (χ4v) is 2.92. The molecule has 0 saturated carbocycles. The molecule has 0 radical (unpaired) electrons. The lowest BCUT2D eigenvalue weighted by atomic mass is 10.2. The summed E-state index contributed by atoms with van der Waals surface area (Å²) in [5.74, 6) is 1.56. The van der Waals surface area contributed by atoms with Gasteiger partial charge in [0.25, 0.3) is 0 Å². The predicted octanol–water partition coefficient (Wildman–Crippen LogP) is 1.95. The van der Waals surface area contributed by atoms with Gasteiger partial charge in [-0.2, -0.15) is 0 Å². The zero-order chi connectivity index (χ0) is 16.2. The van der Waals surface area contributed by atoms with Gasteiger partial charge < -0.3 is 10.2 Å². The maximum absolute atomic E-state index is 11.2. The maximum atomic E-state index is 11.2. The number of carbonyl (C=O) groups excluding carboxylic acids is 1. The number of pyridine rings is 1. The molecule has 3 heterocycles. The first-order chi connectivity index (χ1) is 11.1. The van der Waals surface area contributed by atoms with Crippen molar-refractivity contribution in [1.29, 1.82) is 0 Å². The Morgan fingerprint density at radius 3 is 3.00 bits per heavy atom. The highest BCUT2D eigenvalue weighted by Crippen LogP contribution is 2.25. The van der Waals surface area contributed by atoms with Gasteiger partial charge in [0.2, 0.25) is 5.91 Å². The summed E-state index contributed by atoms with van der Waals surface area (Å²) in [7, 11) is 0. The molecule has 6 nitrogen and oxygen atoms in total. The SMILES string of the molecule is CC(=O)NCC1CCCN1c1cc(C)nc(-c2ccccn2)n1. The van der Waals surface area contributed by atoms with E-state index in [1.807, 2.05) is 31.2 Å². The lowest BCUT2D eigenvalue weighted by Gasteiger charge is -2.26. The molecule has 1 atom stereocenters. The standard InChI is InChI=1S/C17H21N5O/c1-12-10-16(21-17(20-12)15-7-3-4-8-18-15)22-9-5-6-14(22)11-19-13(2)23/h3-4,7-8,10,14H,5-6,9,11H2,1-2H3,(H,19,23). The number of anilines is 1. The molecule has 1 unspecified atom stereocenters. The van der Waals surface area contributed by atoms with Gasteiger partial charge in [-0.25, -0.2) is 9.97 Å². The molecule has 2 aromatic heterocycles. The van der Waals surface area contributed by atoms with Crippen molar-refractivity contribution in [2.24, 2.45) is 0 Å². The molecule has 1 aliphatic rings. The van der Waals surface area contributed by atoms with Crippen LogP contribution in [0.5, 0.6) is 0 Å². The Balaban J connectivity index is 1.87. The molecule has 1 amide bonds. The molecule has 0 aliphatic carbocycles. The predicted molar refractivity (Wildman–Crippen MR) is 89.1 cm³/mol. The molecule has 120 valence electrons. The molecule has 3 rings (SSSR count). The topological polar surface area (TPSA) is 71.0 Å². The molecule has 0 aromatic carbocycles. The van der Waals surface area contributed by atoms with E-state index in [0.717, 1.165) is 36.6 Å². The Hall–Kier alpha value is -2.50. The van der Waals surface area contributed by atoms with E-state index in [-0.39, 0.29) is 11.9 Å². The Morgan fingerprint density at radius 1 is 1.39 bits per heavy atom. The van der Waals surface area contributed by atoms with Gasteiger partial charge in [0.05, 0.1) is 0 Å². The van der Waals surface area contributed by atoms with Gasteiger partial charge in [0, 0.05) is 44.0 Å². The average Bonchev–Trinajstić information content (AvgIpc) is 3.02. The van der Waals surface area contributed by atoms with E-state index in [0.29, 0.717) is 12.4 Å². The highest BCUT2D eigenvalue weighted by molar-refractivity contribution is 5.72. The number of rotatable bonds is 4. The number of nitrogens with one attached hydrogen (secondary N) is 1. The summed E-state index contributed by atoms with van der Waals surface area (Å²) in [5, 5.41) is 2.91. The van der Waals surface area contributed by atoms with Crippen molar-refractivity contribution in [3.05, 3.63) is 36.2 Å². The van der Waals surface area contributed by atoms with Crippen LogP contribution in [0, 0.1) is 6.92 Å².